The molecule has 0 bridgehead atoms. The predicted molar refractivity (Wildman–Crippen MR) is 118 cm³/mol. The lowest BCUT2D eigenvalue weighted by molar-refractivity contribution is -0.142. The smallest absolute Gasteiger partial charge is 0.243 e. The van der Waals surface area contributed by atoms with Crippen LogP contribution in [0.1, 0.15) is 49.8 Å². The van der Waals surface area contributed by atoms with Crippen LogP contribution >= 0.6 is 0 Å². The molecule has 2 aliphatic rings. The van der Waals surface area contributed by atoms with E-state index in [1.54, 1.807) is 11.1 Å². The molecule has 6 heteroatoms. The second-order valence-electron chi connectivity index (χ2n) is 9.09. The molecule has 2 amide bonds. The lowest BCUT2D eigenvalue weighted by Gasteiger charge is -2.36. The number of benzene rings is 1. The first-order chi connectivity index (χ1) is 15.0. The topological polar surface area (TPSA) is 71.5 Å². The number of hydrogen-bond acceptors (Lipinski definition) is 4. The molecule has 1 fully saturated rings. The number of aromatic nitrogens is 1. The summed E-state index contributed by atoms with van der Waals surface area (Å²) >= 11 is 0. The van der Waals surface area contributed by atoms with Gasteiger partial charge >= 0.3 is 0 Å². The van der Waals surface area contributed by atoms with Crippen molar-refractivity contribution in [2.24, 2.45) is 11.8 Å². The van der Waals surface area contributed by atoms with Crippen LogP contribution in [0.5, 0.6) is 5.88 Å². The summed E-state index contributed by atoms with van der Waals surface area (Å²) in [4.78, 5) is 32.0. The molecular weight excluding hydrogens is 390 g/mol. The number of hydrogen-bond donors (Lipinski definition) is 1. The lowest BCUT2D eigenvalue weighted by atomic mass is 9.92. The Morgan fingerprint density at radius 3 is 2.61 bits per heavy atom. The Morgan fingerprint density at radius 1 is 1.16 bits per heavy atom. The van der Waals surface area contributed by atoms with Gasteiger partial charge in [0.25, 0.3) is 0 Å². The average molecular weight is 422 g/mol. The first kappa shape index (κ1) is 21.3. The summed E-state index contributed by atoms with van der Waals surface area (Å²) in [5.41, 5.74) is 3.16. The van der Waals surface area contributed by atoms with Crippen LogP contribution in [0.2, 0.25) is 0 Å². The zero-order chi connectivity index (χ0) is 21.8. The molecule has 0 spiro atoms. The van der Waals surface area contributed by atoms with Crippen molar-refractivity contribution in [3.63, 3.8) is 0 Å². The van der Waals surface area contributed by atoms with E-state index in [1.165, 1.54) is 12.8 Å². The van der Waals surface area contributed by atoms with Gasteiger partial charge in [-0.1, -0.05) is 44.2 Å². The average Bonchev–Trinajstić information content (AvgIpc) is 3.60. The first-order valence-electron chi connectivity index (χ1n) is 11.2. The SMILES string of the molecule is CC(C)CC(=O)N1Cc2ccccc2CC1C(=O)NCc1ccc(OCC2CC2)nc1. The zero-order valence-electron chi connectivity index (χ0n) is 18.3. The molecule has 1 aromatic heterocycles. The molecule has 1 saturated carbocycles. The number of amides is 2. The molecule has 1 aliphatic carbocycles. The summed E-state index contributed by atoms with van der Waals surface area (Å²) in [5.74, 6) is 1.46. The number of fused-ring (bicyclic) bond motifs is 1. The highest BCUT2D eigenvalue weighted by Crippen LogP contribution is 2.29. The van der Waals surface area contributed by atoms with E-state index in [2.05, 4.69) is 10.3 Å². The van der Waals surface area contributed by atoms with Crippen molar-refractivity contribution in [3.05, 3.63) is 59.3 Å². The molecule has 1 aromatic carbocycles. The van der Waals surface area contributed by atoms with Crippen LogP contribution in [0.3, 0.4) is 0 Å². The van der Waals surface area contributed by atoms with E-state index in [1.807, 2.05) is 50.2 Å². The fourth-order valence-corrected chi connectivity index (χ4v) is 3.88. The van der Waals surface area contributed by atoms with Crippen molar-refractivity contribution in [2.75, 3.05) is 6.61 Å². The third-order valence-electron chi connectivity index (χ3n) is 5.88. The van der Waals surface area contributed by atoms with Gasteiger partial charge in [0.1, 0.15) is 6.04 Å². The number of ether oxygens (including phenoxy) is 1. The summed E-state index contributed by atoms with van der Waals surface area (Å²) in [6.07, 6.45) is 5.20. The largest absolute Gasteiger partial charge is 0.477 e. The van der Waals surface area contributed by atoms with Crippen molar-refractivity contribution in [2.45, 2.75) is 58.7 Å². The van der Waals surface area contributed by atoms with E-state index >= 15 is 0 Å². The maximum Gasteiger partial charge on any atom is 0.243 e. The fourth-order valence-electron chi connectivity index (χ4n) is 3.88. The van der Waals surface area contributed by atoms with E-state index in [0.29, 0.717) is 37.7 Å². The molecule has 2 aromatic rings. The molecule has 1 N–H and O–H groups in total. The second-order valence-corrected chi connectivity index (χ2v) is 9.09. The zero-order valence-corrected chi connectivity index (χ0v) is 18.3. The van der Waals surface area contributed by atoms with Gasteiger partial charge in [0.05, 0.1) is 6.61 Å². The summed E-state index contributed by atoms with van der Waals surface area (Å²) in [6.45, 7) is 5.63. The number of nitrogens with one attached hydrogen (secondary N) is 1. The molecule has 31 heavy (non-hydrogen) atoms. The van der Waals surface area contributed by atoms with E-state index < -0.39 is 6.04 Å². The molecule has 1 unspecified atom stereocenters. The summed E-state index contributed by atoms with van der Waals surface area (Å²) < 4.78 is 5.67. The number of carbonyl (C=O) groups is 2. The van der Waals surface area contributed by atoms with Crippen LogP contribution in [0.25, 0.3) is 0 Å². The Morgan fingerprint density at radius 2 is 1.94 bits per heavy atom. The molecule has 1 aliphatic heterocycles. The van der Waals surface area contributed by atoms with Crippen molar-refractivity contribution in [3.8, 4) is 5.88 Å². The van der Waals surface area contributed by atoms with E-state index in [0.717, 1.165) is 23.3 Å². The third kappa shape index (κ3) is 5.63. The number of nitrogens with zero attached hydrogens (tertiary/aromatic N) is 2. The summed E-state index contributed by atoms with van der Waals surface area (Å²) in [5, 5.41) is 3.00. The minimum Gasteiger partial charge on any atom is -0.477 e. The highest BCUT2D eigenvalue weighted by atomic mass is 16.5. The van der Waals surface area contributed by atoms with E-state index in [9.17, 15) is 9.59 Å². The van der Waals surface area contributed by atoms with Crippen LogP contribution in [0.4, 0.5) is 0 Å². The molecule has 2 heterocycles. The molecule has 1 atom stereocenters. The highest BCUT2D eigenvalue weighted by Gasteiger charge is 2.34. The molecule has 6 nitrogen and oxygen atoms in total. The number of carbonyl (C=O) groups excluding carboxylic acids is 2. The van der Waals surface area contributed by atoms with Crippen LogP contribution in [-0.2, 0) is 29.1 Å². The first-order valence-corrected chi connectivity index (χ1v) is 11.2. The van der Waals surface area contributed by atoms with Gasteiger partial charge in [-0.15, -0.1) is 0 Å². The van der Waals surface area contributed by atoms with Gasteiger partial charge in [0, 0.05) is 38.2 Å². The van der Waals surface area contributed by atoms with Gasteiger partial charge in [-0.05, 0) is 41.4 Å². The van der Waals surface area contributed by atoms with Gasteiger partial charge in [-0.2, -0.15) is 0 Å². The molecule has 164 valence electrons. The fraction of sp³-hybridized carbons (Fsp3) is 0.480. The normalized spacial score (nSPS) is 17.9. The number of pyridine rings is 1. The minimum absolute atomic E-state index is 0.0310. The van der Waals surface area contributed by atoms with Gasteiger partial charge in [0.15, 0.2) is 0 Å². The van der Waals surface area contributed by atoms with E-state index in [-0.39, 0.29) is 17.7 Å². The standard InChI is InChI=1S/C25H31N3O3/c1-17(2)11-24(29)28-15-21-6-4-3-5-20(21)12-22(28)25(30)27-14-19-9-10-23(26-13-19)31-16-18-7-8-18/h3-6,9-10,13,17-18,22H,7-8,11-12,14-16H2,1-2H3,(H,27,30). The summed E-state index contributed by atoms with van der Waals surface area (Å²) in [7, 11) is 0. The maximum atomic E-state index is 13.1. The quantitative estimate of drug-likeness (QED) is 0.708. The molecular formula is C25H31N3O3. The van der Waals surface area contributed by atoms with Crippen LogP contribution in [-0.4, -0.2) is 34.3 Å². The lowest BCUT2D eigenvalue weighted by Crippen LogP contribution is -2.52. The van der Waals surface area contributed by atoms with Crippen molar-refractivity contribution < 1.29 is 14.3 Å². The Balaban J connectivity index is 1.39. The Hall–Kier alpha value is -2.89. The molecule has 0 saturated heterocycles. The Kier molecular flexibility index (Phi) is 6.54. The van der Waals surface area contributed by atoms with E-state index in [4.69, 9.17) is 4.74 Å². The van der Waals surface area contributed by atoms with Gasteiger partial charge < -0.3 is 15.0 Å². The van der Waals surface area contributed by atoms with Crippen molar-refractivity contribution in [1.82, 2.24) is 15.2 Å². The minimum atomic E-state index is -0.491. The molecule has 0 radical (unpaired) electrons. The van der Waals surface area contributed by atoms with Gasteiger partial charge in [0.2, 0.25) is 17.7 Å². The number of rotatable bonds is 8. The third-order valence-corrected chi connectivity index (χ3v) is 5.88. The van der Waals surface area contributed by atoms with Crippen molar-refractivity contribution >= 4 is 11.8 Å². The van der Waals surface area contributed by atoms with Gasteiger partial charge in [-0.25, -0.2) is 4.98 Å². The van der Waals surface area contributed by atoms with Crippen LogP contribution in [0.15, 0.2) is 42.6 Å². The van der Waals surface area contributed by atoms with Crippen molar-refractivity contribution in [1.29, 1.82) is 0 Å². The van der Waals surface area contributed by atoms with Gasteiger partial charge in [-0.3, -0.25) is 9.59 Å². The maximum absolute atomic E-state index is 13.1. The predicted octanol–water partition coefficient (Wildman–Crippen LogP) is 3.49. The Labute approximate surface area is 184 Å². The summed E-state index contributed by atoms with van der Waals surface area (Å²) in [6, 6.07) is 11.3. The molecule has 4 rings (SSSR count). The van der Waals surface area contributed by atoms with Crippen LogP contribution in [0, 0.1) is 11.8 Å². The second kappa shape index (κ2) is 9.50. The van der Waals surface area contributed by atoms with Crippen LogP contribution < -0.4 is 10.1 Å². The monoisotopic (exact) mass is 421 g/mol. The highest BCUT2D eigenvalue weighted by molar-refractivity contribution is 5.88. The Bertz CT molecular complexity index is 922.